The van der Waals surface area contributed by atoms with E-state index >= 15 is 0 Å². The Morgan fingerprint density at radius 1 is 1.00 bits per heavy atom. The standard InChI is InChI=1S/C13H25F3O4S2/c1-4-7-9-21(10-8-5-2,11-12(17)6-3)20-22(18,19)13(14,15)16/h4-11H2,1-3H3. The molecule has 0 saturated heterocycles. The molecule has 0 aromatic heterocycles. The second kappa shape index (κ2) is 9.12. The van der Waals surface area contributed by atoms with Gasteiger partial charge in [0.1, 0.15) is 5.78 Å². The van der Waals surface area contributed by atoms with Crippen molar-refractivity contribution in [3.05, 3.63) is 0 Å². The van der Waals surface area contributed by atoms with Crippen LogP contribution in [-0.2, 0) is 18.5 Å². The number of unbranched alkanes of at least 4 members (excludes halogenated alkanes) is 2. The fraction of sp³-hybridized carbons (Fsp3) is 0.923. The van der Waals surface area contributed by atoms with Crippen LogP contribution in [0.1, 0.15) is 52.9 Å². The predicted molar refractivity (Wildman–Crippen MR) is 83.4 cm³/mol. The fourth-order valence-electron chi connectivity index (χ4n) is 1.78. The van der Waals surface area contributed by atoms with Crippen molar-refractivity contribution in [2.24, 2.45) is 0 Å². The Balaban J connectivity index is 5.53. The maximum absolute atomic E-state index is 12.6. The molecular weight excluding hydrogens is 341 g/mol. The van der Waals surface area contributed by atoms with Gasteiger partial charge in [0.05, 0.1) is 5.75 Å². The number of hydrogen-bond donors (Lipinski definition) is 0. The third kappa shape index (κ3) is 6.87. The molecule has 0 unspecified atom stereocenters. The highest BCUT2D eigenvalue weighted by atomic mass is 32.3. The minimum atomic E-state index is -5.69. The predicted octanol–water partition coefficient (Wildman–Crippen LogP) is 4.15. The lowest BCUT2D eigenvalue weighted by Gasteiger charge is -2.38. The van der Waals surface area contributed by atoms with Crippen LogP contribution in [-0.4, -0.2) is 37.0 Å². The maximum atomic E-state index is 12.6. The monoisotopic (exact) mass is 366 g/mol. The molecule has 0 bridgehead atoms. The van der Waals surface area contributed by atoms with Crippen molar-refractivity contribution in [2.45, 2.75) is 58.4 Å². The van der Waals surface area contributed by atoms with E-state index in [2.05, 4.69) is 3.63 Å². The van der Waals surface area contributed by atoms with E-state index in [0.717, 1.165) is 0 Å². The van der Waals surface area contributed by atoms with E-state index in [9.17, 15) is 26.4 Å². The first-order valence-electron chi connectivity index (χ1n) is 7.34. The van der Waals surface area contributed by atoms with Crippen molar-refractivity contribution < 1.29 is 30.0 Å². The number of alkyl halides is 3. The van der Waals surface area contributed by atoms with Crippen LogP contribution in [0.4, 0.5) is 13.2 Å². The fourth-order valence-corrected chi connectivity index (χ4v) is 7.26. The molecule has 4 nitrogen and oxygen atoms in total. The van der Waals surface area contributed by atoms with E-state index in [1.807, 2.05) is 13.8 Å². The van der Waals surface area contributed by atoms with E-state index in [4.69, 9.17) is 0 Å². The third-order valence-electron chi connectivity index (χ3n) is 3.08. The maximum Gasteiger partial charge on any atom is 0.523 e. The van der Waals surface area contributed by atoms with Gasteiger partial charge in [0.2, 0.25) is 0 Å². The molecule has 0 aromatic rings. The molecule has 0 heterocycles. The number of hydrogen-bond acceptors (Lipinski definition) is 4. The molecule has 0 atom stereocenters. The highest BCUT2D eigenvalue weighted by Gasteiger charge is 2.51. The minimum absolute atomic E-state index is 0.155. The Hall–Kier alpha value is -0.280. The Morgan fingerprint density at radius 3 is 1.77 bits per heavy atom. The molecule has 22 heavy (non-hydrogen) atoms. The van der Waals surface area contributed by atoms with Gasteiger partial charge in [0, 0.05) is 17.9 Å². The van der Waals surface area contributed by atoms with Crippen molar-refractivity contribution in [2.75, 3.05) is 17.3 Å². The average molecular weight is 366 g/mol. The number of halogens is 3. The van der Waals surface area contributed by atoms with Gasteiger partial charge in [-0.15, -0.1) is 10.3 Å². The molecule has 0 saturated carbocycles. The Bertz CT molecular complexity index is 439. The van der Waals surface area contributed by atoms with Crippen LogP contribution in [0.15, 0.2) is 0 Å². The summed E-state index contributed by atoms with van der Waals surface area (Å²) in [5.74, 6) is -0.0898. The number of carbonyl (C=O) groups excluding carboxylic acids is 1. The van der Waals surface area contributed by atoms with E-state index in [1.54, 1.807) is 6.92 Å². The third-order valence-corrected chi connectivity index (χ3v) is 8.43. The van der Waals surface area contributed by atoms with Gasteiger partial charge >= 0.3 is 15.6 Å². The molecule has 0 N–H and O–H groups in total. The molecule has 0 rings (SSSR count). The van der Waals surface area contributed by atoms with Crippen LogP contribution in [0.2, 0.25) is 0 Å². The summed E-state index contributed by atoms with van der Waals surface area (Å²) < 4.78 is 65.5. The van der Waals surface area contributed by atoms with Gasteiger partial charge in [-0.1, -0.05) is 33.6 Å². The van der Waals surface area contributed by atoms with Crippen molar-refractivity contribution in [1.29, 1.82) is 0 Å². The topological polar surface area (TPSA) is 60.4 Å². The van der Waals surface area contributed by atoms with Crippen molar-refractivity contribution in [3.8, 4) is 0 Å². The highest BCUT2D eigenvalue weighted by Crippen LogP contribution is 2.54. The second-order valence-electron chi connectivity index (χ2n) is 5.09. The van der Waals surface area contributed by atoms with Crippen LogP contribution in [0, 0.1) is 0 Å². The van der Waals surface area contributed by atoms with Crippen molar-refractivity contribution in [3.63, 3.8) is 0 Å². The Morgan fingerprint density at radius 2 is 1.45 bits per heavy atom. The zero-order valence-electron chi connectivity index (χ0n) is 13.2. The SMILES string of the molecule is CCCCS(CCCC)(CC(=O)CC)OS(=O)(=O)C(F)(F)F. The van der Waals surface area contributed by atoms with Crippen LogP contribution < -0.4 is 0 Å². The van der Waals surface area contributed by atoms with Gasteiger partial charge in [0.15, 0.2) is 0 Å². The van der Waals surface area contributed by atoms with Gasteiger partial charge in [-0.2, -0.15) is 21.6 Å². The minimum Gasteiger partial charge on any atom is -0.299 e. The molecule has 0 aliphatic heterocycles. The first kappa shape index (κ1) is 21.7. The number of ketones is 1. The van der Waals surface area contributed by atoms with Crippen molar-refractivity contribution in [1.82, 2.24) is 0 Å². The van der Waals surface area contributed by atoms with Gasteiger partial charge < -0.3 is 0 Å². The molecule has 134 valence electrons. The summed E-state index contributed by atoms with van der Waals surface area (Å²) in [5, 5.41) is 0. The lowest BCUT2D eigenvalue weighted by atomic mass is 10.4. The van der Waals surface area contributed by atoms with E-state index < -0.39 is 25.9 Å². The van der Waals surface area contributed by atoms with Crippen molar-refractivity contribution >= 4 is 26.2 Å². The average Bonchev–Trinajstić information content (AvgIpc) is 2.41. The molecule has 0 aromatic carbocycles. The highest BCUT2D eigenvalue weighted by molar-refractivity contribution is 8.33. The summed E-state index contributed by atoms with van der Waals surface area (Å²) in [5.41, 5.74) is -5.46. The zero-order valence-corrected chi connectivity index (χ0v) is 14.9. The summed E-state index contributed by atoms with van der Waals surface area (Å²) in [7, 11) is -8.32. The van der Waals surface area contributed by atoms with Crippen LogP contribution in [0.3, 0.4) is 0 Å². The molecular formula is C13H25F3O4S2. The van der Waals surface area contributed by atoms with E-state index in [1.165, 1.54) is 0 Å². The summed E-state index contributed by atoms with van der Waals surface area (Å²) >= 11 is 0. The van der Waals surface area contributed by atoms with E-state index in [0.29, 0.717) is 25.7 Å². The van der Waals surface area contributed by atoms with Crippen LogP contribution in [0.5, 0.6) is 0 Å². The molecule has 0 spiro atoms. The number of rotatable bonds is 11. The Labute approximate surface area is 132 Å². The van der Waals surface area contributed by atoms with Gasteiger partial charge in [-0.05, 0) is 12.8 Å². The summed E-state index contributed by atoms with van der Waals surface area (Å²) in [4.78, 5) is 11.8. The molecule has 0 aliphatic carbocycles. The molecule has 9 heteroatoms. The first-order valence-corrected chi connectivity index (χ1v) is 10.8. The quantitative estimate of drug-likeness (QED) is 0.515. The molecule has 0 amide bonds. The van der Waals surface area contributed by atoms with Gasteiger partial charge in [-0.3, -0.25) is 4.79 Å². The summed E-state index contributed by atoms with van der Waals surface area (Å²) in [6.07, 6.45) is 2.60. The smallest absolute Gasteiger partial charge is 0.299 e. The molecule has 0 radical (unpaired) electrons. The zero-order chi connectivity index (χ0) is 17.4. The van der Waals surface area contributed by atoms with Gasteiger partial charge in [-0.25, -0.2) is 3.63 Å². The number of Topliss-reactive ketones (excluding diaryl/α,β-unsaturated/α-hetero) is 1. The second-order valence-corrected chi connectivity index (χ2v) is 10.0. The largest absolute Gasteiger partial charge is 0.523 e. The molecule has 0 aliphatic rings. The molecule has 0 fully saturated rings. The van der Waals surface area contributed by atoms with E-state index in [-0.39, 0.29) is 29.5 Å². The summed E-state index contributed by atoms with van der Waals surface area (Å²) in [6, 6.07) is 0. The lowest BCUT2D eigenvalue weighted by Crippen LogP contribution is -2.31. The summed E-state index contributed by atoms with van der Waals surface area (Å²) in [6.45, 7) is 5.30. The Kier molecular flexibility index (Phi) is 9.01. The first-order chi connectivity index (χ1) is 10.0. The lowest BCUT2D eigenvalue weighted by molar-refractivity contribution is -0.116. The normalized spacial score (nSPS) is 14.1. The van der Waals surface area contributed by atoms with Crippen LogP contribution >= 0.6 is 10.3 Å². The van der Waals surface area contributed by atoms with Gasteiger partial charge in [0.25, 0.3) is 0 Å². The number of carbonyl (C=O) groups is 1. The van der Waals surface area contributed by atoms with Crippen LogP contribution in [0.25, 0.3) is 0 Å².